The molecule has 1 aromatic carbocycles. The molecule has 1 amide bonds. The van der Waals surface area contributed by atoms with E-state index in [1.165, 1.54) is 12.1 Å². The minimum atomic E-state index is -2.29. The van der Waals surface area contributed by atoms with Crippen molar-refractivity contribution in [1.29, 1.82) is 0 Å². The van der Waals surface area contributed by atoms with Gasteiger partial charge in [-0.1, -0.05) is 18.2 Å². The molecule has 21 N–H and O–H groups in total. The van der Waals surface area contributed by atoms with Crippen LogP contribution < -0.4 is 5.32 Å². The normalized spacial score (nSPS) is 50.6. The van der Waals surface area contributed by atoms with Crippen molar-refractivity contribution in [3.05, 3.63) is 30.3 Å². The summed E-state index contributed by atoms with van der Waals surface area (Å²) < 4.78 is 86.5. The highest BCUT2D eigenvalue weighted by Gasteiger charge is 2.60. The number of aliphatic hydroxyl groups is 20. The topological polar surface area (TPSA) is 572 Å². The minimum Gasteiger partial charge on any atom is -0.440 e. The van der Waals surface area contributed by atoms with Crippen LogP contribution in [-0.4, -0.2) is 369 Å². The van der Waals surface area contributed by atoms with Crippen LogP contribution in [0.1, 0.15) is 0 Å². The van der Waals surface area contributed by atoms with E-state index in [1.807, 2.05) is 0 Å². The lowest BCUT2D eigenvalue weighted by Gasteiger charge is -2.50. The van der Waals surface area contributed by atoms with Crippen molar-refractivity contribution in [2.24, 2.45) is 0 Å². The lowest BCUT2D eigenvalue weighted by molar-refractivity contribution is -0.396. The molecule has 0 saturated carbocycles. The molecular weight excluding hydrogens is 1180 g/mol. The van der Waals surface area contributed by atoms with Gasteiger partial charge in [0, 0.05) is 5.69 Å². The second-order valence-corrected chi connectivity index (χ2v) is 21.5. The lowest BCUT2D eigenvalue weighted by atomic mass is 9.95. The number of hydrogen-bond donors (Lipinski definition) is 21. The smallest absolute Gasteiger partial charge is 0.412 e. The Morgan fingerprint density at radius 1 is 0.302 bits per heavy atom. The summed E-state index contributed by atoms with van der Waals surface area (Å²) in [5, 5.41) is 225. The molecule has 21 aliphatic rings. The Balaban J connectivity index is 1.03. The molecule has 21 saturated heterocycles. The summed E-state index contributed by atoms with van der Waals surface area (Å²) in [7, 11) is 0. The highest BCUT2D eigenvalue weighted by Crippen LogP contribution is 2.39. The third-order valence-electron chi connectivity index (χ3n) is 16.0. The van der Waals surface area contributed by atoms with Crippen LogP contribution in [0.5, 0.6) is 0 Å². The van der Waals surface area contributed by atoms with Crippen molar-refractivity contribution < 1.29 is 178 Å². The van der Waals surface area contributed by atoms with E-state index in [0.29, 0.717) is 0 Å². The largest absolute Gasteiger partial charge is 0.440 e. The Labute approximate surface area is 485 Å². The van der Waals surface area contributed by atoms with Gasteiger partial charge in [0.25, 0.3) is 0 Å². The Morgan fingerprint density at radius 3 is 0.744 bits per heavy atom. The zero-order valence-corrected chi connectivity index (χ0v) is 45.0. The summed E-state index contributed by atoms with van der Waals surface area (Å²) in [5.74, 6) is 0. The second kappa shape index (κ2) is 29.2. The van der Waals surface area contributed by atoms with Gasteiger partial charge in [-0.25, -0.2) is 4.79 Å². The van der Waals surface area contributed by atoms with E-state index < -0.39 is 267 Å². The van der Waals surface area contributed by atoms with Gasteiger partial charge in [-0.2, -0.15) is 0 Å². The van der Waals surface area contributed by atoms with E-state index in [1.54, 1.807) is 18.2 Å². The molecule has 21 aliphatic heterocycles. The molecule has 0 radical (unpaired) electrons. The maximum atomic E-state index is 13.6. The number of rotatable bonds is 9. The quantitative estimate of drug-likeness (QED) is 0.109. The Hall–Kier alpha value is -2.87. The molecule has 0 aliphatic carbocycles. The van der Waals surface area contributed by atoms with Crippen LogP contribution in [0.25, 0.3) is 0 Å². The summed E-state index contributed by atoms with van der Waals surface area (Å²) in [6.45, 7) is -7.56. The molecular formula is C49H75NO36. The maximum absolute atomic E-state index is 13.6. The van der Waals surface area contributed by atoms with Crippen LogP contribution in [0.4, 0.5) is 10.5 Å². The summed E-state index contributed by atoms with van der Waals surface area (Å²) in [6.07, 6.45) is -73.0. The van der Waals surface area contributed by atoms with Crippen molar-refractivity contribution in [2.45, 2.75) is 215 Å². The highest BCUT2D eigenvalue weighted by molar-refractivity contribution is 5.84. The van der Waals surface area contributed by atoms with Gasteiger partial charge in [0.1, 0.15) is 165 Å². The van der Waals surface area contributed by atoms with Crippen LogP contribution in [0.3, 0.4) is 0 Å². The van der Waals surface area contributed by atoms with Crippen molar-refractivity contribution >= 4 is 11.8 Å². The Bertz CT molecular complexity index is 2260. The molecule has 14 bridgehead atoms. The van der Waals surface area contributed by atoms with Crippen LogP contribution in [0.2, 0.25) is 0 Å². The molecule has 492 valence electrons. The number of carbonyl (C=O) groups is 1. The number of anilines is 1. The SMILES string of the molecule is O=C(Nc1ccccc1)O[C@@H]1[C@@H](O)[C@H]2O[C@H]3[C@H](O)[C@@H](O)[C@@H](O[C@H]4[C@H](O)[C@@H](O)[C@@H](O[C@H]5[C@H](O)[C@@H](O)[C@@H](O[C@H]6[C@H](O)[C@@H](O)[C@@H](O[C@H]7[C@H](O)[C@@H](O)[C@@H](O[C@H]8[C@H](O)[C@@H](O)[C@@H](O[C@@H]1[C@@H](CO)O2)O[C@@H]8CO)O[C@@H]7CO)O[C@@H]6CO)O[C@@H]5CO)O[C@@H]4CO)O[C@@H]3CO. The number of hydrogen-bond acceptors (Lipinski definition) is 36. The molecule has 0 unspecified atom stereocenters. The number of amides is 1. The first-order chi connectivity index (χ1) is 41.1. The van der Waals surface area contributed by atoms with Crippen molar-refractivity contribution in [3.63, 3.8) is 0 Å². The van der Waals surface area contributed by atoms with Gasteiger partial charge >= 0.3 is 6.09 Å². The van der Waals surface area contributed by atoms with E-state index >= 15 is 0 Å². The molecule has 37 heteroatoms. The first kappa shape index (κ1) is 67.5. The van der Waals surface area contributed by atoms with Crippen LogP contribution in [0, 0.1) is 0 Å². The molecule has 35 atom stereocenters. The molecule has 37 nitrogen and oxygen atoms in total. The standard InChI is InChI=1S/C49H75NO36/c51-6-14-34-22(59)28(65)43(73-14)81-36-16(8-53)75-45(30(67)24(36)61)83-38-18(10-55)77-47(32(69)26(38)63)85-40-20(12-57)78-48(33(70)41(40)86-49(71)50-13-4-2-1-3-5-13)84-39-19(11-56)76-46(31(68)25(39)62)82-37-17(9-54)74-44(29(66)23(37)60)80-35-15(7-52)72-42(79-34)27(64)21(35)58/h1-5,14-48,51-70H,6-12H2,(H,50,71)/t14-,15-,16-,17-,18-,19-,20-,21-,22-,23-,24-,25-,26-,27-,28-,29-,30-,31-,32-,33-,34-,35-,36-,37-,38-,39-,40-,41-,42-,43-,44-,45-,46-,47-,48-/m1/s1. The van der Waals surface area contributed by atoms with Crippen LogP contribution >= 0.6 is 0 Å². The Kier molecular flexibility index (Phi) is 22.9. The minimum absolute atomic E-state index is 0.160. The van der Waals surface area contributed by atoms with Gasteiger partial charge in [0.15, 0.2) is 50.1 Å². The molecule has 0 spiro atoms. The first-order valence-corrected chi connectivity index (χ1v) is 27.4. The number of ether oxygens (including phenoxy) is 15. The molecule has 1 aromatic rings. The van der Waals surface area contributed by atoms with Gasteiger partial charge < -0.3 is 173 Å². The average Bonchev–Trinajstić information content (AvgIpc) is 1.14. The summed E-state index contributed by atoms with van der Waals surface area (Å²) in [5.41, 5.74) is 0.160. The third-order valence-corrected chi connectivity index (χ3v) is 16.0. The third kappa shape index (κ3) is 13.7. The fourth-order valence-corrected chi connectivity index (χ4v) is 11.3. The van der Waals surface area contributed by atoms with Gasteiger partial charge in [-0.3, -0.25) is 5.32 Å². The van der Waals surface area contributed by atoms with Gasteiger partial charge in [0.05, 0.1) is 46.2 Å². The fraction of sp³-hybridized carbons (Fsp3) is 0.857. The van der Waals surface area contributed by atoms with E-state index in [2.05, 4.69) is 5.32 Å². The Morgan fingerprint density at radius 2 is 0.512 bits per heavy atom. The monoisotopic (exact) mass is 1250 g/mol. The molecule has 21 fully saturated rings. The zero-order chi connectivity index (χ0) is 62.2. The van der Waals surface area contributed by atoms with E-state index in [-0.39, 0.29) is 5.69 Å². The number of para-hydroxylation sites is 1. The summed E-state index contributed by atoms with van der Waals surface area (Å²) in [4.78, 5) is 13.6. The van der Waals surface area contributed by atoms with Crippen molar-refractivity contribution in [1.82, 2.24) is 0 Å². The maximum Gasteiger partial charge on any atom is 0.412 e. The number of benzene rings is 1. The number of nitrogens with one attached hydrogen (secondary N) is 1. The zero-order valence-electron chi connectivity index (χ0n) is 45.0. The molecule has 86 heavy (non-hydrogen) atoms. The van der Waals surface area contributed by atoms with Crippen molar-refractivity contribution in [3.8, 4) is 0 Å². The summed E-state index contributed by atoms with van der Waals surface area (Å²) in [6, 6.07) is 7.60. The van der Waals surface area contributed by atoms with Gasteiger partial charge in [0.2, 0.25) is 0 Å². The second-order valence-electron chi connectivity index (χ2n) is 21.5. The van der Waals surface area contributed by atoms with E-state index in [4.69, 9.17) is 71.1 Å². The number of aliphatic hydroxyl groups excluding tert-OH is 20. The fourth-order valence-electron chi connectivity index (χ4n) is 11.3. The molecule has 21 heterocycles. The van der Waals surface area contributed by atoms with E-state index in [9.17, 15) is 107 Å². The predicted octanol–water partition coefficient (Wildman–Crippen LogP) is -13.0. The van der Waals surface area contributed by atoms with E-state index in [0.717, 1.165) is 0 Å². The lowest BCUT2D eigenvalue weighted by Crippen LogP contribution is -2.68. The van der Waals surface area contributed by atoms with Crippen molar-refractivity contribution in [2.75, 3.05) is 51.6 Å². The summed E-state index contributed by atoms with van der Waals surface area (Å²) >= 11 is 0. The first-order valence-electron chi connectivity index (χ1n) is 27.4. The number of carbonyl (C=O) groups excluding carboxylic acids is 1. The van der Waals surface area contributed by atoms with Gasteiger partial charge in [-0.15, -0.1) is 0 Å². The van der Waals surface area contributed by atoms with Crippen LogP contribution in [0.15, 0.2) is 30.3 Å². The molecule has 22 rings (SSSR count). The molecule has 0 aromatic heterocycles. The van der Waals surface area contributed by atoms with Gasteiger partial charge in [-0.05, 0) is 12.1 Å². The average molecular weight is 1250 g/mol. The predicted molar refractivity (Wildman–Crippen MR) is 263 cm³/mol. The highest BCUT2D eigenvalue weighted by atomic mass is 16.8. The van der Waals surface area contributed by atoms with Crippen LogP contribution in [-0.2, 0) is 71.1 Å².